The molecule has 28 heavy (non-hydrogen) atoms. The van der Waals surface area contributed by atoms with Crippen molar-refractivity contribution in [2.24, 2.45) is 11.7 Å². The highest BCUT2D eigenvalue weighted by molar-refractivity contribution is 6.05. The maximum Gasteiger partial charge on any atom is 0.255 e. The largest absolute Gasteiger partial charge is 0.396 e. The highest BCUT2D eigenvalue weighted by Gasteiger charge is 2.39. The molecular weight excluding hydrogens is 360 g/mol. The molecule has 3 atom stereocenters. The van der Waals surface area contributed by atoms with E-state index >= 15 is 0 Å². The predicted molar refractivity (Wildman–Crippen MR) is 101 cm³/mol. The molecule has 0 saturated carbocycles. The van der Waals surface area contributed by atoms with Gasteiger partial charge in [0.15, 0.2) is 0 Å². The Morgan fingerprint density at radius 3 is 2.79 bits per heavy atom. The van der Waals surface area contributed by atoms with Gasteiger partial charge in [-0.1, -0.05) is 12.1 Å². The molecule has 8 nitrogen and oxygen atoms in total. The summed E-state index contributed by atoms with van der Waals surface area (Å²) >= 11 is 0. The van der Waals surface area contributed by atoms with Gasteiger partial charge in [0.25, 0.3) is 5.91 Å². The molecule has 3 heterocycles. The Morgan fingerprint density at radius 1 is 1.21 bits per heavy atom. The first-order chi connectivity index (χ1) is 13.5. The second-order valence-corrected chi connectivity index (χ2v) is 8.02. The Bertz CT molecular complexity index is 811. The first kappa shape index (κ1) is 19.0. The van der Waals surface area contributed by atoms with E-state index in [1.165, 1.54) is 0 Å². The number of aliphatic hydroxyl groups excluding tert-OH is 1. The van der Waals surface area contributed by atoms with Crippen molar-refractivity contribution in [1.29, 1.82) is 0 Å². The normalized spacial score (nSPS) is 28.0. The molecule has 2 fully saturated rings. The number of piperidine rings is 1. The third kappa shape index (κ3) is 3.55. The Labute approximate surface area is 163 Å². The van der Waals surface area contributed by atoms with Crippen molar-refractivity contribution < 1.29 is 19.5 Å². The van der Waals surface area contributed by atoms with Crippen LogP contribution < -0.4 is 11.1 Å². The summed E-state index contributed by atoms with van der Waals surface area (Å²) in [5, 5.41) is 11.5. The molecule has 4 rings (SSSR count). The molecule has 3 aliphatic rings. The van der Waals surface area contributed by atoms with E-state index in [1.807, 2.05) is 18.2 Å². The van der Waals surface area contributed by atoms with Gasteiger partial charge in [-0.05, 0) is 36.0 Å². The number of hydrogen-bond acceptors (Lipinski definition) is 6. The summed E-state index contributed by atoms with van der Waals surface area (Å²) in [6.07, 6.45) is 1.35. The minimum Gasteiger partial charge on any atom is -0.396 e. The first-order valence-corrected chi connectivity index (χ1v) is 9.81. The molecule has 2 saturated heterocycles. The fourth-order valence-electron chi connectivity index (χ4n) is 4.57. The van der Waals surface area contributed by atoms with Gasteiger partial charge in [0.05, 0.1) is 0 Å². The standard InChI is InChI=1S/C20H26N4O4/c21-16-11-23(9-13(16)5-6-25)8-12-1-2-15-14(7-12)10-24(20(15)28)17-3-4-18(26)22-19(17)27/h1-2,7,13,16-17,25H,3-6,8-11,21H2,(H,22,26,27)/t13-,16-,17?/m1/s1. The summed E-state index contributed by atoms with van der Waals surface area (Å²) < 4.78 is 0. The van der Waals surface area contributed by atoms with Crippen molar-refractivity contribution in [2.75, 3.05) is 19.7 Å². The van der Waals surface area contributed by atoms with Gasteiger partial charge in [-0.25, -0.2) is 0 Å². The van der Waals surface area contributed by atoms with Gasteiger partial charge in [-0.15, -0.1) is 0 Å². The van der Waals surface area contributed by atoms with Crippen LogP contribution in [-0.2, 0) is 22.7 Å². The summed E-state index contributed by atoms with van der Waals surface area (Å²) in [5.41, 5.74) is 8.83. The van der Waals surface area contributed by atoms with Crippen LogP contribution in [0.1, 0.15) is 40.7 Å². The number of carbonyl (C=O) groups is 3. The van der Waals surface area contributed by atoms with Gasteiger partial charge < -0.3 is 15.7 Å². The summed E-state index contributed by atoms with van der Waals surface area (Å²) in [6, 6.07) is 5.31. The van der Waals surface area contributed by atoms with E-state index in [0.29, 0.717) is 24.4 Å². The molecule has 3 aliphatic heterocycles. The lowest BCUT2D eigenvalue weighted by Gasteiger charge is -2.29. The second kappa shape index (κ2) is 7.62. The number of rotatable bonds is 5. The average molecular weight is 386 g/mol. The number of aliphatic hydroxyl groups is 1. The van der Waals surface area contributed by atoms with Crippen molar-refractivity contribution in [3.8, 4) is 0 Å². The smallest absolute Gasteiger partial charge is 0.255 e. The van der Waals surface area contributed by atoms with Gasteiger partial charge in [0.1, 0.15) is 6.04 Å². The summed E-state index contributed by atoms with van der Waals surface area (Å²) in [4.78, 5) is 40.1. The molecule has 3 amide bonds. The number of hydrogen-bond donors (Lipinski definition) is 3. The van der Waals surface area contributed by atoms with Gasteiger partial charge >= 0.3 is 0 Å². The van der Waals surface area contributed by atoms with Gasteiger partial charge in [-0.2, -0.15) is 0 Å². The summed E-state index contributed by atoms with van der Waals surface area (Å²) in [6.45, 7) is 2.95. The maximum absolute atomic E-state index is 12.7. The van der Waals surface area contributed by atoms with Crippen molar-refractivity contribution in [2.45, 2.75) is 44.4 Å². The first-order valence-electron chi connectivity index (χ1n) is 9.81. The molecule has 0 spiro atoms. The van der Waals surface area contributed by atoms with E-state index in [9.17, 15) is 14.4 Å². The Hall–Kier alpha value is -2.29. The topological polar surface area (TPSA) is 116 Å². The van der Waals surface area contributed by atoms with E-state index < -0.39 is 11.9 Å². The molecule has 0 bridgehead atoms. The Kier molecular flexibility index (Phi) is 5.18. The van der Waals surface area contributed by atoms with E-state index in [2.05, 4.69) is 10.2 Å². The number of amides is 3. The van der Waals surface area contributed by atoms with E-state index in [1.54, 1.807) is 4.90 Å². The minimum atomic E-state index is -0.586. The number of carbonyl (C=O) groups excluding carboxylic acids is 3. The third-order valence-electron chi connectivity index (χ3n) is 6.06. The lowest BCUT2D eigenvalue weighted by Crippen LogP contribution is -2.52. The Balaban J connectivity index is 1.44. The molecule has 1 aromatic carbocycles. The van der Waals surface area contributed by atoms with Gasteiger partial charge in [0.2, 0.25) is 11.8 Å². The van der Waals surface area contributed by atoms with Gasteiger partial charge in [0, 0.05) is 50.8 Å². The van der Waals surface area contributed by atoms with Crippen LogP contribution in [0.4, 0.5) is 0 Å². The van der Waals surface area contributed by atoms with Crippen LogP contribution in [0.3, 0.4) is 0 Å². The van der Waals surface area contributed by atoms with Crippen LogP contribution in [0, 0.1) is 5.92 Å². The molecule has 0 aromatic heterocycles. The average Bonchev–Trinajstić information content (AvgIpc) is 3.15. The number of nitrogens with zero attached hydrogens (tertiary/aromatic N) is 2. The van der Waals surface area contributed by atoms with Crippen LogP contribution >= 0.6 is 0 Å². The van der Waals surface area contributed by atoms with Crippen molar-refractivity contribution in [3.05, 3.63) is 34.9 Å². The maximum atomic E-state index is 12.7. The van der Waals surface area contributed by atoms with Crippen LogP contribution in [0.5, 0.6) is 0 Å². The van der Waals surface area contributed by atoms with Crippen molar-refractivity contribution in [1.82, 2.24) is 15.1 Å². The molecular formula is C20H26N4O4. The molecule has 150 valence electrons. The molecule has 1 aromatic rings. The number of imide groups is 1. The van der Waals surface area contributed by atoms with E-state index in [0.717, 1.165) is 37.2 Å². The number of nitrogens with one attached hydrogen (secondary N) is 1. The van der Waals surface area contributed by atoms with E-state index in [-0.39, 0.29) is 30.9 Å². The number of benzene rings is 1. The quantitative estimate of drug-likeness (QED) is 0.593. The molecule has 8 heteroatoms. The van der Waals surface area contributed by atoms with Crippen LogP contribution in [-0.4, -0.2) is 64.4 Å². The van der Waals surface area contributed by atoms with Crippen LogP contribution in [0.15, 0.2) is 18.2 Å². The van der Waals surface area contributed by atoms with Crippen molar-refractivity contribution >= 4 is 17.7 Å². The fourth-order valence-corrected chi connectivity index (χ4v) is 4.57. The zero-order valence-corrected chi connectivity index (χ0v) is 15.8. The molecule has 4 N–H and O–H groups in total. The molecule has 0 radical (unpaired) electrons. The number of nitrogens with two attached hydrogens (primary N) is 1. The fraction of sp³-hybridized carbons (Fsp3) is 0.550. The lowest BCUT2D eigenvalue weighted by molar-refractivity contribution is -0.136. The SMILES string of the molecule is N[C@@H]1CN(Cc2ccc3c(c2)CN(C2CCC(=O)NC2=O)C3=O)C[C@H]1CCO. The Morgan fingerprint density at radius 2 is 2.04 bits per heavy atom. The molecule has 1 unspecified atom stereocenters. The van der Waals surface area contributed by atoms with Crippen molar-refractivity contribution in [3.63, 3.8) is 0 Å². The summed E-state index contributed by atoms with van der Waals surface area (Å²) in [7, 11) is 0. The zero-order valence-electron chi connectivity index (χ0n) is 15.8. The summed E-state index contributed by atoms with van der Waals surface area (Å²) in [5.74, 6) is -0.513. The minimum absolute atomic E-state index is 0.0752. The third-order valence-corrected chi connectivity index (χ3v) is 6.06. The number of fused-ring (bicyclic) bond motifs is 1. The zero-order chi connectivity index (χ0) is 19.8. The highest BCUT2D eigenvalue weighted by Crippen LogP contribution is 2.29. The van der Waals surface area contributed by atoms with Crippen LogP contribution in [0.2, 0.25) is 0 Å². The lowest BCUT2D eigenvalue weighted by atomic mass is 10.0. The monoisotopic (exact) mass is 386 g/mol. The second-order valence-electron chi connectivity index (χ2n) is 8.02. The number of likely N-dealkylation sites (tertiary alicyclic amines) is 1. The van der Waals surface area contributed by atoms with E-state index in [4.69, 9.17) is 10.8 Å². The van der Waals surface area contributed by atoms with Gasteiger partial charge in [-0.3, -0.25) is 24.6 Å². The van der Waals surface area contributed by atoms with Crippen LogP contribution in [0.25, 0.3) is 0 Å². The predicted octanol–water partition coefficient (Wildman–Crippen LogP) is -0.411. The highest BCUT2D eigenvalue weighted by atomic mass is 16.3. The molecule has 0 aliphatic carbocycles.